The Hall–Kier alpha value is -0.870. The SMILES string of the molecule is CC(C)CC(CN)c1nc2cc(Br)ccc2n1C(C)C. The quantitative estimate of drug-likeness (QED) is 0.874. The summed E-state index contributed by atoms with van der Waals surface area (Å²) in [6.45, 7) is 9.53. The number of hydrogen-bond donors (Lipinski definition) is 1. The third kappa shape index (κ3) is 3.07. The van der Waals surface area contributed by atoms with Crippen molar-refractivity contribution in [2.24, 2.45) is 11.7 Å². The van der Waals surface area contributed by atoms with E-state index in [1.54, 1.807) is 0 Å². The number of fused-ring (bicyclic) bond motifs is 1. The molecule has 3 nitrogen and oxygen atoms in total. The summed E-state index contributed by atoms with van der Waals surface area (Å²) in [5.41, 5.74) is 8.25. The number of benzene rings is 1. The van der Waals surface area contributed by atoms with Gasteiger partial charge in [-0.2, -0.15) is 0 Å². The van der Waals surface area contributed by atoms with E-state index in [1.165, 1.54) is 5.52 Å². The number of rotatable bonds is 5. The summed E-state index contributed by atoms with van der Waals surface area (Å²) in [6.07, 6.45) is 1.08. The number of halogens is 1. The Labute approximate surface area is 129 Å². The van der Waals surface area contributed by atoms with Gasteiger partial charge in [-0.25, -0.2) is 4.98 Å². The van der Waals surface area contributed by atoms with Crippen LogP contribution in [0.1, 0.15) is 51.9 Å². The van der Waals surface area contributed by atoms with E-state index in [4.69, 9.17) is 10.7 Å². The molecule has 2 aromatic rings. The number of nitrogens with two attached hydrogens (primary N) is 1. The van der Waals surface area contributed by atoms with Gasteiger partial charge in [0.25, 0.3) is 0 Å². The van der Waals surface area contributed by atoms with Crippen LogP contribution in [0.4, 0.5) is 0 Å². The van der Waals surface area contributed by atoms with Crippen molar-refractivity contribution in [2.45, 2.75) is 46.1 Å². The molecule has 110 valence electrons. The number of imidazole rings is 1. The predicted molar refractivity (Wildman–Crippen MR) is 89.1 cm³/mol. The molecule has 1 aromatic heterocycles. The lowest BCUT2D eigenvalue weighted by molar-refractivity contribution is 0.459. The monoisotopic (exact) mass is 337 g/mol. The van der Waals surface area contributed by atoms with Crippen LogP contribution in [0.2, 0.25) is 0 Å². The molecule has 0 aliphatic rings. The van der Waals surface area contributed by atoms with E-state index in [-0.39, 0.29) is 0 Å². The molecule has 20 heavy (non-hydrogen) atoms. The van der Waals surface area contributed by atoms with E-state index >= 15 is 0 Å². The van der Waals surface area contributed by atoms with Crippen molar-refractivity contribution in [3.05, 3.63) is 28.5 Å². The van der Waals surface area contributed by atoms with Crippen molar-refractivity contribution < 1.29 is 0 Å². The number of aromatic nitrogens is 2. The molecule has 0 bridgehead atoms. The zero-order valence-electron chi connectivity index (χ0n) is 12.7. The standard InChI is InChI=1S/C16H24BrN3/c1-10(2)7-12(9-18)16-19-14-8-13(17)5-6-15(14)20(16)11(3)4/h5-6,8,10-12H,7,9,18H2,1-4H3. The molecule has 4 heteroatoms. The van der Waals surface area contributed by atoms with Gasteiger partial charge in [0.2, 0.25) is 0 Å². The molecule has 2 rings (SSSR count). The van der Waals surface area contributed by atoms with Crippen LogP contribution < -0.4 is 5.73 Å². The van der Waals surface area contributed by atoms with Gasteiger partial charge >= 0.3 is 0 Å². The van der Waals surface area contributed by atoms with Gasteiger partial charge in [0.15, 0.2) is 0 Å². The third-order valence-corrected chi connectivity index (χ3v) is 4.09. The zero-order chi connectivity index (χ0) is 14.9. The highest BCUT2D eigenvalue weighted by Gasteiger charge is 2.21. The van der Waals surface area contributed by atoms with Gasteiger partial charge in [-0.15, -0.1) is 0 Å². The fourth-order valence-electron chi connectivity index (χ4n) is 2.80. The summed E-state index contributed by atoms with van der Waals surface area (Å²) in [5, 5.41) is 0. The maximum Gasteiger partial charge on any atom is 0.114 e. The fourth-order valence-corrected chi connectivity index (χ4v) is 3.15. The van der Waals surface area contributed by atoms with Gasteiger partial charge in [0.05, 0.1) is 11.0 Å². The molecule has 2 N–H and O–H groups in total. The maximum absolute atomic E-state index is 6.01. The largest absolute Gasteiger partial charge is 0.330 e. The Morgan fingerprint density at radius 1 is 1.25 bits per heavy atom. The van der Waals surface area contributed by atoms with Crippen LogP contribution in [0.25, 0.3) is 11.0 Å². The smallest absolute Gasteiger partial charge is 0.114 e. The molecule has 0 saturated carbocycles. The molecule has 0 fully saturated rings. The van der Waals surface area contributed by atoms with Gasteiger partial charge in [0.1, 0.15) is 5.82 Å². The van der Waals surface area contributed by atoms with Crippen LogP contribution in [-0.2, 0) is 0 Å². The van der Waals surface area contributed by atoms with E-state index in [9.17, 15) is 0 Å². The molecule has 1 aromatic carbocycles. The summed E-state index contributed by atoms with van der Waals surface area (Å²) in [5.74, 6) is 2.07. The fraction of sp³-hybridized carbons (Fsp3) is 0.562. The second-order valence-corrected chi connectivity index (χ2v) is 7.04. The van der Waals surface area contributed by atoms with Crippen LogP contribution in [0.15, 0.2) is 22.7 Å². The van der Waals surface area contributed by atoms with Gasteiger partial charge in [-0.3, -0.25) is 0 Å². The Morgan fingerprint density at radius 3 is 2.50 bits per heavy atom. The first kappa shape index (κ1) is 15.5. The van der Waals surface area contributed by atoms with Crippen molar-refractivity contribution in [3.8, 4) is 0 Å². The molecule has 0 aliphatic carbocycles. The third-order valence-electron chi connectivity index (χ3n) is 3.60. The van der Waals surface area contributed by atoms with E-state index in [0.717, 1.165) is 22.2 Å². The molecule has 0 spiro atoms. The summed E-state index contributed by atoms with van der Waals surface area (Å²) in [4.78, 5) is 4.87. The average molecular weight is 338 g/mol. The summed E-state index contributed by atoms with van der Waals surface area (Å²) in [6, 6.07) is 6.68. The van der Waals surface area contributed by atoms with Crippen molar-refractivity contribution in [1.29, 1.82) is 0 Å². The van der Waals surface area contributed by atoms with Crippen LogP contribution in [0.5, 0.6) is 0 Å². The van der Waals surface area contributed by atoms with E-state index < -0.39 is 0 Å². The first-order chi connectivity index (χ1) is 9.43. The van der Waals surface area contributed by atoms with Crippen LogP contribution in [0, 0.1) is 5.92 Å². The van der Waals surface area contributed by atoms with Crippen LogP contribution >= 0.6 is 15.9 Å². The Bertz CT molecular complexity index is 587. The lowest BCUT2D eigenvalue weighted by atomic mass is 9.96. The van der Waals surface area contributed by atoms with Gasteiger partial charge in [-0.1, -0.05) is 29.8 Å². The molecular weight excluding hydrogens is 314 g/mol. The Balaban J connectivity index is 2.58. The maximum atomic E-state index is 6.01. The second kappa shape index (κ2) is 6.27. The predicted octanol–water partition coefficient (Wildman–Crippen LogP) is 4.47. The number of hydrogen-bond acceptors (Lipinski definition) is 2. The van der Waals surface area contributed by atoms with Crippen molar-refractivity contribution in [3.63, 3.8) is 0 Å². The second-order valence-electron chi connectivity index (χ2n) is 6.13. The van der Waals surface area contributed by atoms with E-state index in [0.29, 0.717) is 24.4 Å². The molecule has 1 heterocycles. The van der Waals surface area contributed by atoms with Crippen molar-refractivity contribution >= 4 is 27.0 Å². The lowest BCUT2D eigenvalue weighted by Gasteiger charge is -2.21. The molecular formula is C16H24BrN3. The summed E-state index contributed by atoms with van der Waals surface area (Å²) >= 11 is 3.52. The highest BCUT2D eigenvalue weighted by molar-refractivity contribution is 9.10. The minimum atomic E-state index is 0.323. The minimum absolute atomic E-state index is 0.323. The van der Waals surface area contributed by atoms with Gasteiger partial charge < -0.3 is 10.3 Å². The molecule has 0 amide bonds. The van der Waals surface area contributed by atoms with E-state index in [2.05, 4.69) is 66.4 Å². The Morgan fingerprint density at radius 2 is 1.95 bits per heavy atom. The van der Waals surface area contributed by atoms with Gasteiger partial charge in [0, 0.05) is 23.0 Å². The highest BCUT2D eigenvalue weighted by Crippen LogP contribution is 2.30. The molecule has 1 unspecified atom stereocenters. The summed E-state index contributed by atoms with van der Waals surface area (Å²) < 4.78 is 3.40. The first-order valence-electron chi connectivity index (χ1n) is 7.31. The van der Waals surface area contributed by atoms with Crippen LogP contribution in [0.3, 0.4) is 0 Å². The highest BCUT2D eigenvalue weighted by atomic mass is 79.9. The van der Waals surface area contributed by atoms with E-state index in [1.807, 2.05) is 0 Å². The normalized spacial score (nSPS) is 13.6. The molecule has 0 aliphatic heterocycles. The Kier molecular flexibility index (Phi) is 4.86. The minimum Gasteiger partial charge on any atom is -0.330 e. The summed E-state index contributed by atoms with van der Waals surface area (Å²) in [7, 11) is 0. The van der Waals surface area contributed by atoms with Gasteiger partial charge in [-0.05, 0) is 44.4 Å². The first-order valence-corrected chi connectivity index (χ1v) is 8.10. The topological polar surface area (TPSA) is 43.8 Å². The molecule has 0 radical (unpaired) electrons. The lowest BCUT2D eigenvalue weighted by Crippen LogP contribution is -2.20. The van der Waals surface area contributed by atoms with Crippen LogP contribution in [-0.4, -0.2) is 16.1 Å². The molecule has 0 saturated heterocycles. The van der Waals surface area contributed by atoms with Crippen molar-refractivity contribution in [2.75, 3.05) is 6.54 Å². The average Bonchev–Trinajstić information content (AvgIpc) is 2.73. The number of nitrogens with zero attached hydrogens (tertiary/aromatic N) is 2. The van der Waals surface area contributed by atoms with Crippen molar-refractivity contribution in [1.82, 2.24) is 9.55 Å². The zero-order valence-corrected chi connectivity index (χ0v) is 14.3. The molecule has 1 atom stereocenters.